The lowest BCUT2D eigenvalue weighted by molar-refractivity contribution is -0.124. The van der Waals surface area contributed by atoms with Crippen molar-refractivity contribution in [1.82, 2.24) is 10.3 Å². The average Bonchev–Trinajstić information content (AvgIpc) is 3.25. The molecule has 2 N–H and O–H groups in total. The lowest BCUT2D eigenvalue weighted by Crippen LogP contribution is -2.35. The molecule has 0 bridgehead atoms. The van der Waals surface area contributed by atoms with E-state index in [0.717, 1.165) is 28.5 Å². The Labute approximate surface area is 189 Å². The van der Waals surface area contributed by atoms with Crippen LogP contribution in [0.4, 0.5) is 0 Å². The number of hydrogen-bond acceptors (Lipinski definition) is 4. The monoisotopic (exact) mass is 433 g/mol. The molecule has 0 radical (unpaired) electrons. The molecule has 32 heavy (non-hydrogen) atoms. The van der Waals surface area contributed by atoms with Crippen LogP contribution in [-0.4, -0.2) is 22.9 Å². The molecule has 168 valence electrons. The van der Waals surface area contributed by atoms with Gasteiger partial charge in [0.15, 0.2) is 0 Å². The Morgan fingerprint density at radius 3 is 2.59 bits per heavy atom. The molecule has 1 aromatic heterocycles. The molecule has 0 aliphatic rings. The third-order valence-corrected chi connectivity index (χ3v) is 5.47. The molecule has 3 aromatic rings. The number of ketones is 1. The average molecular weight is 434 g/mol. The van der Waals surface area contributed by atoms with Gasteiger partial charge in [-0.3, -0.25) is 9.59 Å². The summed E-state index contributed by atoms with van der Waals surface area (Å²) in [6, 6.07) is 17.2. The fraction of sp³-hybridized carbons (Fsp3) is 0.346. The molecule has 0 saturated heterocycles. The Morgan fingerprint density at radius 2 is 1.84 bits per heavy atom. The molecule has 0 spiro atoms. The highest BCUT2D eigenvalue weighted by atomic mass is 16.6. The largest absolute Gasteiger partial charge is 0.391 e. The van der Waals surface area contributed by atoms with E-state index in [9.17, 15) is 9.59 Å². The summed E-state index contributed by atoms with van der Waals surface area (Å²) < 4.78 is 0. The third kappa shape index (κ3) is 6.30. The van der Waals surface area contributed by atoms with Crippen LogP contribution in [0.1, 0.15) is 56.7 Å². The van der Waals surface area contributed by atoms with Crippen LogP contribution < -0.4 is 5.32 Å². The molecule has 3 rings (SSSR count). The Kier molecular flexibility index (Phi) is 8.61. The van der Waals surface area contributed by atoms with Gasteiger partial charge < -0.3 is 15.1 Å². The number of H-pyrrole nitrogens is 1. The summed E-state index contributed by atoms with van der Waals surface area (Å²) >= 11 is 0. The van der Waals surface area contributed by atoms with E-state index in [2.05, 4.69) is 15.5 Å². The predicted octanol–water partition coefficient (Wildman–Crippen LogP) is 5.31. The van der Waals surface area contributed by atoms with Crippen molar-refractivity contribution in [2.45, 2.75) is 52.2 Å². The van der Waals surface area contributed by atoms with Crippen LogP contribution in [0.5, 0.6) is 0 Å². The third-order valence-electron chi connectivity index (χ3n) is 5.47. The van der Waals surface area contributed by atoms with E-state index in [0.29, 0.717) is 19.4 Å². The molecule has 1 heterocycles. The van der Waals surface area contributed by atoms with Gasteiger partial charge in [0.05, 0.1) is 18.2 Å². The van der Waals surface area contributed by atoms with Gasteiger partial charge in [-0.1, -0.05) is 74.0 Å². The molecule has 0 saturated carbocycles. The number of fused-ring (bicyclic) bond motifs is 1. The quantitative estimate of drug-likeness (QED) is 0.300. The predicted molar refractivity (Wildman–Crippen MR) is 127 cm³/mol. The molecule has 6 nitrogen and oxygen atoms in total. The second-order valence-corrected chi connectivity index (χ2v) is 7.86. The smallest absolute Gasteiger partial charge is 0.229 e. The minimum absolute atomic E-state index is 0.104. The minimum Gasteiger partial charge on any atom is -0.391 e. The van der Waals surface area contributed by atoms with Crippen molar-refractivity contribution in [2.24, 2.45) is 11.1 Å². The highest BCUT2D eigenvalue weighted by Gasteiger charge is 2.24. The highest BCUT2D eigenvalue weighted by molar-refractivity contribution is 5.94. The van der Waals surface area contributed by atoms with Gasteiger partial charge in [-0.25, -0.2) is 0 Å². The van der Waals surface area contributed by atoms with Gasteiger partial charge in [0, 0.05) is 35.5 Å². The van der Waals surface area contributed by atoms with Crippen LogP contribution in [0.3, 0.4) is 0 Å². The maximum Gasteiger partial charge on any atom is 0.229 e. The van der Waals surface area contributed by atoms with Gasteiger partial charge in [0.25, 0.3) is 0 Å². The van der Waals surface area contributed by atoms with Gasteiger partial charge in [-0.2, -0.15) is 0 Å². The van der Waals surface area contributed by atoms with Crippen molar-refractivity contribution in [1.29, 1.82) is 0 Å². The maximum atomic E-state index is 13.1. The van der Waals surface area contributed by atoms with E-state index < -0.39 is 12.0 Å². The number of para-hydroxylation sites is 1. The Morgan fingerprint density at radius 1 is 1.09 bits per heavy atom. The van der Waals surface area contributed by atoms with E-state index in [1.807, 2.05) is 74.6 Å². The van der Waals surface area contributed by atoms with Gasteiger partial charge in [-0.05, 0) is 18.1 Å². The summed E-state index contributed by atoms with van der Waals surface area (Å²) in [5, 5.41) is 8.15. The summed E-state index contributed by atoms with van der Waals surface area (Å²) in [5.74, 6) is -0.481. The van der Waals surface area contributed by atoms with Crippen LogP contribution in [0.2, 0.25) is 0 Å². The SMILES string of the molecule is CCCC(/C=N/OCc1ccccc1)C(=O)NC(CC(=O)CC)c1c[nH]c2ccccc12. The zero-order valence-electron chi connectivity index (χ0n) is 18.7. The number of nitrogens with one attached hydrogen (secondary N) is 2. The number of oxime groups is 1. The number of carbonyl (C=O) groups excluding carboxylic acids is 2. The van der Waals surface area contributed by atoms with E-state index >= 15 is 0 Å². The van der Waals surface area contributed by atoms with Gasteiger partial charge in [-0.15, -0.1) is 0 Å². The molecule has 0 aliphatic carbocycles. The van der Waals surface area contributed by atoms with Gasteiger partial charge in [0.1, 0.15) is 12.4 Å². The normalized spacial score (nSPS) is 13.2. The Bertz CT molecular complexity index is 1040. The molecule has 6 heteroatoms. The van der Waals surface area contributed by atoms with Crippen LogP contribution in [0.15, 0.2) is 65.9 Å². The first-order chi connectivity index (χ1) is 15.6. The molecule has 2 atom stereocenters. The first-order valence-electron chi connectivity index (χ1n) is 11.2. The van der Waals surface area contributed by atoms with Gasteiger partial charge >= 0.3 is 0 Å². The molecule has 0 aliphatic heterocycles. The number of hydrogen-bond donors (Lipinski definition) is 2. The van der Waals surface area contributed by atoms with E-state index in [1.54, 1.807) is 6.21 Å². The second kappa shape index (κ2) is 11.8. The topological polar surface area (TPSA) is 83.5 Å². The highest BCUT2D eigenvalue weighted by Crippen LogP contribution is 2.27. The summed E-state index contributed by atoms with van der Waals surface area (Å²) in [6.07, 6.45) is 5.60. The standard InChI is InChI=1S/C26H31N3O3/c1-3-10-20(16-28-32-18-19-11-6-5-7-12-19)26(31)29-25(15-21(30)4-2)23-17-27-24-14-9-8-13-22(23)24/h5-9,11-14,16-17,20,25,27H,3-4,10,15,18H2,1-2H3,(H,29,31)/b28-16+. The van der Waals surface area contributed by atoms with E-state index in [1.165, 1.54) is 0 Å². The molecular weight excluding hydrogens is 402 g/mol. The van der Waals surface area contributed by atoms with E-state index in [4.69, 9.17) is 4.84 Å². The van der Waals surface area contributed by atoms with Crippen molar-refractivity contribution < 1.29 is 14.4 Å². The van der Waals surface area contributed by atoms with Crippen molar-refractivity contribution in [3.63, 3.8) is 0 Å². The molecule has 1 amide bonds. The van der Waals surface area contributed by atoms with Crippen LogP contribution in [0, 0.1) is 5.92 Å². The summed E-state index contributed by atoms with van der Waals surface area (Å²) in [5.41, 5.74) is 2.91. The van der Waals surface area contributed by atoms with Crippen LogP contribution in [0.25, 0.3) is 10.9 Å². The number of benzene rings is 2. The number of carbonyl (C=O) groups is 2. The zero-order valence-corrected chi connectivity index (χ0v) is 18.7. The second-order valence-electron chi connectivity index (χ2n) is 7.86. The Hall–Kier alpha value is -3.41. The number of rotatable bonds is 12. The van der Waals surface area contributed by atoms with E-state index in [-0.39, 0.29) is 18.1 Å². The Balaban J connectivity index is 1.71. The summed E-state index contributed by atoms with van der Waals surface area (Å²) in [6.45, 7) is 4.21. The molecule has 2 unspecified atom stereocenters. The first kappa shape index (κ1) is 23.3. The lowest BCUT2D eigenvalue weighted by atomic mass is 9.97. The fourth-order valence-corrected chi connectivity index (χ4v) is 3.66. The zero-order chi connectivity index (χ0) is 22.8. The van der Waals surface area contributed by atoms with Gasteiger partial charge in [0.2, 0.25) is 5.91 Å². The maximum absolute atomic E-state index is 13.1. The van der Waals surface area contributed by atoms with Crippen molar-refractivity contribution in [2.75, 3.05) is 0 Å². The molecule has 2 aromatic carbocycles. The number of amides is 1. The molecular formula is C26H31N3O3. The number of aromatic amines is 1. The summed E-state index contributed by atoms with van der Waals surface area (Å²) in [4.78, 5) is 34.0. The fourth-order valence-electron chi connectivity index (χ4n) is 3.66. The molecule has 0 fully saturated rings. The van der Waals surface area contributed by atoms with Crippen molar-refractivity contribution >= 4 is 28.8 Å². The van der Waals surface area contributed by atoms with Crippen LogP contribution in [-0.2, 0) is 21.0 Å². The van der Waals surface area contributed by atoms with Crippen molar-refractivity contribution in [3.8, 4) is 0 Å². The lowest BCUT2D eigenvalue weighted by Gasteiger charge is -2.20. The number of nitrogens with zero attached hydrogens (tertiary/aromatic N) is 1. The van der Waals surface area contributed by atoms with Crippen LogP contribution >= 0.6 is 0 Å². The number of aromatic nitrogens is 1. The minimum atomic E-state index is -0.430. The summed E-state index contributed by atoms with van der Waals surface area (Å²) in [7, 11) is 0. The first-order valence-corrected chi connectivity index (χ1v) is 11.2. The number of Topliss-reactive ketones (excluding diaryl/α,β-unsaturated/α-hetero) is 1. The van der Waals surface area contributed by atoms with Crippen molar-refractivity contribution in [3.05, 3.63) is 71.9 Å².